The van der Waals surface area contributed by atoms with Crippen molar-refractivity contribution in [3.05, 3.63) is 11.1 Å². The van der Waals surface area contributed by atoms with Crippen LogP contribution in [0.15, 0.2) is 10.5 Å². The molecule has 1 saturated heterocycles. The van der Waals surface area contributed by atoms with E-state index in [9.17, 15) is 35.8 Å². The Morgan fingerprint density at radius 2 is 2.03 bits per heavy atom. The minimum absolute atomic E-state index is 0.0289. The van der Waals surface area contributed by atoms with Gasteiger partial charge in [0.2, 0.25) is 5.91 Å². The molecule has 0 saturated carbocycles. The number of β-lactam (4-membered cyclic amide) rings is 1. The fourth-order valence-corrected chi connectivity index (χ4v) is 4.45. The van der Waals surface area contributed by atoms with Crippen molar-refractivity contribution in [2.75, 3.05) is 31.2 Å². The van der Waals surface area contributed by atoms with Crippen molar-refractivity contribution in [1.29, 1.82) is 0 Å². The number of anilines is 1. The Bertz CT molecular complexity index is 1150. The van der Waals surface area contributed by atoms with Crippen LogP contribution < -0.4 is 10.6 Å². The van der Waals surface area contributed by atoms with Gasteiger partial charge < -0.3 is 15.5 Å². The Hall–Kier alpha value is -2.38. The number of nitrogens with one attached hydrogen (secondary N) is 2. The predicted molar refractivity (Wildman–Crippen MR) is 110 cm³/mol. The molecule has 0 aromatic carbocycles. The van der Waals surface area contributed by atoms with E-state index in [2.05, 4.69) is 29.8 Å². The van der Waals surface area contributed by atoms with Crippen molar-refractivity contribution < 1.29 is 44.8 Å². The first-order valence-corrected chi connectivity index (χ1v) is 12.8. The van der Waals surface area contributed by atoms with Gasteiger partial charge in [-0.15, -0.1) is 22.9 Å². The van der Waals surface area contributed by atoms with Crippen molar-refractivity contribution >= 4 is 71.9 Å². The summed E-state index contributed by atoms with van der Waals surface area (Å²) < 4.78 is 58.9. The largest absolute Gasteiger partial charge is 0.398 e. The van der Waals surface area contributed by atoms with Gasteiger partial charge >= 0.3 is 10.3 Å². The highest BCUT2D eigenvalue weighted by molar-refractivity contribution is 7.86. The first kappa shape index (κ1) is 25.9. The third-order valence-electron chi connectivity index (χ3n) is 3.67. The Morgan fingerprint density at radius 1 is 1.38 bits per heavy atom. The molecule has 1 aromatic rings. The number of hydrogen-bond donors (Lipinski definition) is 3. The highest BCUT2D eigenvalue weighted by Crippen LogP contribution is 2.25. The number of carbonyl (C=O) groups is 3. The number of rotatable bonds is 10. The highest BCUT2D eigenvalue weighted by Gasteiger charge is 2.54. The van der Waals surface area contributed by atoms with Gasteiger partial charge in [-0.2, -0.15) is 16.8 Å². The lowest BCUT2D eigenvalue weighted by atomic mass is 9.99. The van der Waals surface area contributed by atoms with E-state index in [-0.39, 0.29) is 21.0 Å². The second kappa shape index (κ2) is 10.0. The molecule has 0 spiro atoms. The minimum Gasteiger partial charge on any atom is -0.398 e. The van der Waals surface area contributed by atoms with E-state index in [1.165, 1.54) is 5.38 Å². The molecule has 32 heavy (non-hydrogen) atoms. The molecule has 178 valence electrons. The quantitative estimate of drug-likeness (QED) is 0.0757. The topological polar surface area (TPSA) is 211 Å². The van der Waals surface area contributed by atoms with E-state index in [4.69, 9.17) is 11.6 Å². The van der Waals surface area contributed by atoms with Gasteiger partial charge in [0.05, 0.1) is 12.9 Å². The van der Waals surface area contributed by atoms with Crippen molar-refractivity contribution in [3.63, 3.8) is 0 Å². The maximum Gasteiger partial charge on any atom is 0.362 e. The van der Waals surface area contributed by atoms with Crippen LogP contribution in [0.25, 0.3) is 0 Å². The van der Waals surface area contributed by atoms with Crippen LogP contribution in [0.1, 0.15) is 5.69 Å². The van der Waals surface area contributed by atoms with E-state index in [1.54, 1.807) is 0 Å². The lowest BCUT2D eigenvalue weighted by Crippen LogP contribution is -2.73. The lowest BCUT2D eigenvalue weighted by Gasteiger charge is -2.43. The Balaban J connectivity index is 2.23. The summed E-state index contributed by atoms with van der Waals surface area (Å²) >= 11 is 6.32. The summed E-state index contributed by atoms with van der Waals surface area (Å²) in [5.74, 6) is -3.18. The van der Waals surface area contributed by atoms with Crippen LogP contribution in [0.4, 0.5) is 5.13 Å². The number of halogens is 1. The third kappa shape index (κ3) is 6.33. The molecule has 15 nitrogen and oxygen atoms in total. The summed E-state index contributed by atoms with van der Waals surface area (Å²) in [6.07, 6.45) is 0.686. The minimum atomic E-state index is -5.05. The molecule has 1 aliphatic rings. The molecule has 2 unspecified atom stereocenters. The number of aromatic nitrogens is 1. The number of amides is 3. The molecule has 0 aliphatic carbocycles. The molecule has 1 aliphatic heterocycles. The summed E-state index contributed by atoms with van der Waals surface area (Å²) in [5, 5.41) is 9.45. The molecule has 1 aromatic heterocycles. The Morgan fingerprint density at radius 3 is 2.56 bits per heavy atom. The van der Waals surface area contributed by atoms with Crippen molar-refractivity contribution in [2.24, 2.45) is 5.16 Å². The zero-order chi connectivity index (χ0) is 24.3. The molecule has 2 atom stereocenters. The fraction of sp³-hybridized carbons (Fsp3) is 0.462. The average molecular weight is 534 g/mol. The monoisotopic (exact) mass is 533 g/mol. The molecule has 19 heteroatoms. The molecule has 3 amide bonds. The van der Waals surface area contributed by atoms with Crippen LogP contribution in [-0.2, 0) is 43.8 Å². The summed E-state index contributed by atoms with van der Waals surface area (Å²) in [5.41, 5.74) is -0.516. The number of thiazole rings is 1. The van der Waals surface area contributed by atoms with Gasteiger partial charge in [0.1, 0.15) is 30.8 Å². The number of nitrogens with zero attached hydrogens (tertiary/aromatic N) is 3. The van der Waals surface area contributed by atoms with Crippen LogP contribution >= 0.6 is 22.9 Å². The Kier molecular flexibility index (Phi) is 8.12. The fourth-order valence-electron chi connectivity index (χ4n) is 2.42. The number of carbonyl (C=O) groups excluding carboxylic acids is 3. The average Bonchev–Trinajstić information content (AvgIpc) is 3.12. The van der Waals surface area contributed by atoms with E-state index < -0.39 is 62.5 Å². The third-order valence-corrected chi connectivity index (χ3v) is 6.18. The summed E-state index contributed by atoms with van der Waals surface area (Å²) in [6.45, 7) is -0.864. The van der Waals surface area contributed by atoms with Crippen molar-refractivity contribution in [1.82, 2.24) is 14.6 Å². The molecular weight excluding hydrogens is 518 g/mol. The van der Waals surface area contributed by atoms with Crippen molar-refractivity contribution in [3.8, 4) is 0 Å². The maximum absolute atomic E-state index is 12.7. The van der Waals surface area contributed by atoms with Gasteiger partial charge in [0.25, 0.3) is 21.9 Å². The standard InChI is InChI=1S/C13H16ClN5O10S3/c1-28-18-9(6-5-30-13(15-6)16-8(20)3-14)11(21)17-10-7(4-29-31(2,23)24)19(12(10)22)32(25,26)27/h5,7,10H,3-4H2,1-2H3,(H,17,21)(H,15,16,20)(H,25,26,27)/b18-9-. The van der Waals surface area contributed by atoms with E-state index >= 15 is 0 Å². The van der Waals surface area contributed by atoms with Gasteiger partial charge in [0, 0.05) is 5.38 Å². The zero-order valence-corrected chi connectivity index (χ0v) is 19.4. The molecule has 2 heterocycles. The van der Waals surface area contributed by atoms with Crippen LogP contribution in [-0.4, -0.2) is 92.0 Å². The van der Waals surface area contributed by atoms with Crippen LogP contribution in [0, 0.1) is 0 Å². The van der Waals surface area contributed by atoms with Crippen LogP contribution in [0.2, 0.25) is 0 Å². The number of alkyl halides is 1. The van der Waals surface area contributed by atoms with Gasteiger partial charge in [-0.05, 0) is 0 Å². The van der Waals surface area contributed by atoms with E-state index in [1.807, 2.05) is 0 Å². The molecule has 0 bridgehead atoms. The molecule has 0 radical (unpaired) electrons. The van der Waals surface area contributed by atoms with Gasteiger partial charge in [0.15, 0.2) is 10.8 Å². The maximum atomic E-state index is 12.7. The summed E-state index contributed by atoms with van der Waals surface area (Å²) in [6, 6.07) is -3.14. The predicted octanol–water partition coefficient (Wildman–Crippen LogP) is -1.85. The highest BCUT2D eigenvalue weighted by atomic mass is 35.5. The van der Waals surface area contributed by atoms with Crippen LogP contribution in [0.3, 0.4) is 0 Å². The van der Waals surface area contributed by atoms with Gasteiger partial charge in [-0.25, -0.2) is 9.29 Å². The number of oxime groups is 1. The lowest BCUT2D eigenvalue weighted by molar-refractivity contribution is -0.146. The van der Waals surface area contributed by atoms with E-state index in [0.29, 0.717) is 6.26 Å². The SMILES string of the molecule is CO/N=C(\C(=O)NC1C(=O)N(S(=O)(=O)O)C1COS(C)(=O)=O)c1csc(NC(=O)CCl)n1. The number of hydrogen-bond acceptors (Lipinski definition) is 12. The second-order valence-electron chi connectivity index (χ2n) is 5.96. The first-order chi connectivity index (χ1) is 14.8. The molecule has 1 fully saturated rings. The van der Waals surface area contributed by atoms with Gasteiger partial charge in [-0.1, -0.05) is 5.16 Å². The van der Waals surface area contributed by atoms with Crippen LogP contribution in [0.5, 0.6) is 0 Å². The molecule has 3 N–H and O–H groups in total. The van der Waals surface area contributed by atoms with Crippen molar-refractivity contribution in [2.45, 2.75) is 12.1 Å². The van der Waals surface area contributed by atoms with Gasteiger partial charge in [-0.3, -0.25) is 23.1 Å². The second-order valence-corrected chi connectivity index (χ2v) is 10.0. The zero-order valence-electron chi connectivity index (χ0n) is 16.2. The summed E-state index contributed by atoms with van der Waals surface area (Å²) in [4.78, 5) is 44.8. The smallest absolute Gasteiger partial charge is 0.362 e. The first-order valence-electron chi connectivity index (χ1n) is 8.17. The molecular formula is C13H16ClN5O10S3. The normalized spacial score (nSPS) is 19.3. The summed E-state index contributed by atoms with van der Waals surface area (Å²) in [7, 11) is -7.97. The van der Waals surface area contributed by atoms with E-state index in [0.717, 1.165) is 18.4 Å². The molecule has 2 rings (SSSR count). The Labute approximate surface area is 190 Å².